The Morgan fingerprint density at radius 1 is 1.19 bits per heavy atom. The predicted molar refractivity (Wildman–Crippen MR) is 102 cm³/mol. The summed E-state index contributed by atoms with van der Waals surface area (Å²) >= 11 is 1.44. The molecule has 2 aromatic rings. The highest BCUT2D eigenvalue weighted by Gasteiger charge is 2.23. The third-order valence-corrected chi connectivity index (χ3v) is 5.73. The number of rotatable bonds is 4. The van der Waals surface area contributed by atoms with Gasteiger partial charge >= 0.3 is 0 Å². The molecule has 26 heavy (non-hydrogen) atoms. The molecule has 6 nitrogen and oxygen atoms in total. The zero-order valence-corrected chi connectivity index (χ0v) is 15.7. The van der Waals surface area contributed by atoms with Crippen molar-refractivity contribution in [1.82, 2.24) is 9.88 Å². The van der Waals surface area contributed by atoms with Gasteiger partial charge in [0.25, 0.3) is 0 Å². The number of ether oxygens (including phenoxy) is 2. The lowest BCUT2D eigenvalue weighted by Crippen LogP contribution is -2.42. The highest BCUT2D eigenvalue weighted by atomic mass is 32.1. The van der Waals surface area contributed by atoms with Crippen LogP contribution in [0.25, 0.3) is 11.3 Å². The fourth-order valence-corrected chi connectivity index (χ4v) is 4.10. The number of nitrogens with zero attached hydrogens (tertiary/aromatic N) is 2. The smallest absolute Gasteiger partial charge is 0.243 e. The van der Waals surface area contributed by atoms with E-state index >= 15 is 0 Å². The molecule has 0 bridgehead atoms. The molecule has 0 radical (unpaired) electrons. The van der Waals surface area contributed by atoms with E-state index in [1.807, 2.05) is 30.5 Å². The van der Waals surface area contributed by atoms with Crippen molar-refractivity contribution in [2.75, 3.05) is 25.2 Å². The summed E-state index contributed by atoms with van der Waals surface area (Å²) in [6, 6.07) is 5.62. The summed E-state index contributed by atoms with van der Waals surface area (Å²) < 4.78 is 10.8. The summed E-state index contributed by atoms with van der Waals surface area (Å²) in [4.78, 5) is 19.4. The van der Waals surface area contributed by atoms with E-state index in [0.717, 1.165) is 35.8 Å². The van der Waals surface area contributed by atoms with Gasteiger partial charge in [0.05, 0.1) is 11.7 Å². The fraction of sp³-hybridized carbons (Fsp3) is 0.474. The second-order valence-corrected chi connectivity index (χ2v) is 7.58. The van der Waals surface area contributed by atoms with Crippen LogP contribution in [0.2, 0.25) is 0 Å². The van der Waals surface area contributed by atoms with Crippen LogP contribution in [0.15, 0.2) is 23.6 Å². The number of fused-ring (bicyclic) bond motifs is 1. The standard InChI is InChI=1S/C19H23N3O3S/c1-13(22-8-4-2-3-5-9-22)18(23)21-19-20-15(11-26-19)14-6-7-16-17(10-14)25-12-24-16/h6-7,10-11,13H,2-5,8-9,12H2,1H3,(H,20,21,23). The third-order valence-electron chi connectivity index (χ3n) is 4.97. The zero-order valence-electron chi connectivity index (χ0n) is 14.9. The molecule has 1 saturated heterocycles. The minimum atomic E-state index is -0.133. The predicted octanol–water partition coefficient (Wildman–Crippen LogP) is 3.74. The highest BCUT2D eigenvalue weighted by Crippen LogP contribution is 2.36. The van der Waals surface area contributed by atoms with Gasteiger partial charge in [0.2, 0.25) is 12.7 Å². The van der Waals surface area contributed by atoms with Gasteiger partial charge in [-0.3, -0.25) is 9.69 Å². The van der Waals surface area contributed by atoms with E-state index in [1.165, 1.54) is 37.0 Å². The van der Waals surface area contributed by atoms with Gasteiger partial charge in [0.1, 0.15) is 0 Å². The molecule has 0 aliphatic carbocycles. The van der Waals surface area contributed by atoms with E-state index in [4.69, 9.17) is 9.47 Å². The fourth-order valence-electron chi connectivity index (χ4n) is 3.38. The lowest BCUT2D eigenvalue weighted by atomic mass is 10.1. The second kappa shape index (κ2) is 7.63. The average Bonchev–Trinajstić information content (AvgIpc) is 3.22. The van der Waals surface area contributed by atoms with E-state index in [-0.39, 0.29) is 18.7 Å². The number of likely N-dealkylation sites (tertiary alicyclic amines) is 1. The number of anilines is 1. The Hall–Kier alpha value is -2.12. The molecule has 1 N–H and O–H groups in total. The number of carbonyl (C=O) groups excluding carboxylic acids is 1. The number of benzene rings is 1. The Balaban J connectivity index is 1.42. The molecular formula is C19H23N3O3S. The van der Waals surface area contributed by atoms with E-state index < -0.39 is 0 Å². The van der Waals surface area contributed by atoms with Crippen LogP contribution in [0.1, 0.15) is 32.6 Å². The van der Waals surface area contributed by atoms with Crippen molar-refractivity contribution in [3.05, 3.63) is 23.6 Å². The lowest BCUT2D eigenvalue weighted by Gasteiger charge is -2.26. The molecule has 1 amide bonds. The summed E-state index contributed by atoms with van der Waals surface area (Å²) in [6.45, 7) is 4.22. The summed E-state index contributed by atoms with van der Waals surface area (Å²) in [6.07, 6.45) is 4.86. The Labute approximate surface area is 157 Å². The van der Waals surface area contributed by atoms with Crippen molar-refractivity contribution >= 4 is 22.4 Å². The first-order valence-corrected chi connectivity index (χ1v) is 9.99. The third kappa shape index (κ3) is 3.68. The van der Waals surface area contributed by atoms with Crippen molar-refractivity contribution in [2.45, 2.75) is 38.6 Å². The van der Waals surface area contributed by atoms with E-state index in [2.05, 4.69) is 15.2 Å². The summed E-state index contributed by atoms with van der Waals surface area (Å²) in [5.74, 6) is 1.50. The number of thiazole rings is 1. The molecule has 1 aromatic carbocycles. The van der Waals surface area contributed by atoms with Crippen LogP contribution >= 0.6 is 11.3 Å². The summed E-state index contributed by atoms with van der Waals surface area (Å²) in [7, 11) is 0. The van der Waals surface area contributed by atoms with Gasteiger partial charge in [-0.2, -0.15) is 0 Å². The van der Waals surface area contributed by atoms with Crippen molar-refractivity contribution < 1.29 is 14.3 Å². The second-order valence-electron chi connectivity index (χ2n) is 6.72. The van der Waals surface area contributed by atoms with Crippen molar-refractivity contribution in [3.8, 4) is 22.8 Å². The number of aromatic nitrogens is 1. The van der Waals surface area contributed by atoms with E-state index in [9.17, 15) is 4.79 Å². The molecule has 2 aliphatic rings. The Morgan fingerprint density at radius 2 is 1.96 bits per heavy atom. The average molecular weight is 373 g/mol. The minimum absolute atomic E-state index is 0.0125. The maximum absolute atomic E-state index is 12.6. The van der Waals surface area contributed by atoms with Crippen molar-refractivity contribution in [3.63, 3.8) is 0 Å². The molecular weight excluding hydrogens is 350 g/mol. The zero-order chi connectivity index (χ0) is 17.9. The Kier molecular flexibility index (Phi) is 5.08. The van der Waals surface area contributed by atoms with Crippen molar-refractivity contribution in [1.29, 1.82) is 0 Å². The maximum Gasteiger partial charge on any atom is 0.243 e. The number of amides is 1. The van der Waals surface area contributed by atoms with Crippen LogP contribution in [0, 0.1) is 0 Å². The molecule has 138 valence electrons. The van der Waals surface area contributed by atoms with Gasteiger partial charge in [-0.15, -0.1) is 11.3 Å². The van der Waals surface area contributed by atoms with Crippen LogP contribution in [0.5, 0.6) is 11.5 Å². The van der Waals surface area contributed by atoms with Crippen LogP contribution in [0.4, 0.5) is 5.13 Å². The first kappa shape index (κ1) is 17.3. The molecule has 0 saturated carbocycles. The number of hydrogen-bond donors (Lipinski definition) is 1. The molecule has 1 atom stereocenters. The maximum atomic E-state index is 12.6. The Morgan fingerprint density at radius 3 is 2.77 bits per heavy atom. The van der Waals surface area contributed by atoms with Crippen LogP contribution in [0.3, 0.4) is 0 Å². The number of hydrogen-bond acceptors (Lipinski definition) is 6. The van der Waals surface area contributed by atoms with Gasteiger partial charge in [-0.25, -0.2) is 4.98 Å². The monoisotopic (exact) mass is 373 g/mol. The van der Waals surface area contributed by atoms with E-state index in [1.54, 1.807) is 0 Å². The quantitative estimate of drug-likeness (QED) is 0.884. The minimum Gasteiger partial charge on any atom is -0.454 e. The first-order chi connectivity index (χ1) is 12.7. The molecule has 7 heteroatoms. The van der Waals surface area contributed by atoms with Gasteiger partial charge in [0, 0.05) is 10.9 Å². The van der Waals surface area contributed by atoms with Gasteiger partial charge in [-0.1, -0.05) is 12.8 Å². The van der Waals surface area contributed by atoms with Gasteiger partial charge in [0.15, 0.2) is 16.6 Å². The topological polar surface area (TPSA) is 63.7 Å². The molecule has 4 rings (SSSR count). The van der Waals surface area contributed by atoms with Gasteiger partial charge in [-0.05, 0) is 51.1 Å². The molecule has 0 spiro atoms. The van der Waals surface area contributed by atoms with Crippen LogP contribution in [-0.2, 0) is 4.79 Å². The summed E-state index contributed by atoms with van der Waals surface area (Å²) in [5, 5.41) is 5.55. The molecule has 1 aromatic heterocycles. The summed E-state index contributed by atoms with van der Waals surface area (Å²) in [5.41, 5.74) is 1.78. The SMILES string of the molecule is CC(C(=O)Nc1nc(-c2ccc3c(c2)OCO3)cs1)N1CCCCCC1. The lowest BCUT2D eigenvalue weighted by molar-refractivity contribution is -0.120. The van der Waals surface area contributed by atoms with E-state index in [0.29, 0.717) is 5.13 Å². The van der Waals surface area contributed by atoms with Crippen LogP contribution < -0.4 is 14.8 Å². The molecule has 1 unspecified atom stereocenters. The number of carbonyl (C=O) groups is 1. The Bertz CT molecular complexity index is 784. The van der Waals surface area contributed by atoms with Gasteiger partial charge < -0.3 is 14.8 Å². The normalized spacial score (nSPS) is 18.3. The molecule has 2 aliphatic heterocycles. The van der Waals surface area contributed by atoms with Crippen molar-refractivity contribution in [2.24, 2.45) is 0 Å². The molecule has 3 heterocycles. The molecule has 1 fully saturated rings. The van der Waals surface area contributed by atoms with Crippen LogP contribution in [-0.4, -0.2) is 41.7 Å². The highest BCUT2D eigenvalue weighted by molar-refractivity contribution is 7.14. The largest absolute Gasteiger partial charge is 0.454 e. The number of nitrogens with one attached hydrogen (secondary N) is 1. The first-order valence-electron chi connectivity index (χ1n) is 9.11.